The third-order valence-corrected chi connectivity index (χ3v) is 7.44. The third-order valence-electron chi connectivity index (χ3n) is 6.54. The van der Waals surface area contributed by atoms with E-state index < -0.39 is 0 Å². The second kappa shape index (κ2) is 19.9. The molecule has 34 heavy (non-hydrogen) atoms. The second-order valence-corrected chi connectivity index (χ2v) is 10.7. The number of aromatic nitrogens is 3. The van der Waals surface area contributed by atoms with Crippen LogP contribution >= 0.6 is 11.8 Å². The highest BCUT2D eigenvalue weighted by Gasteiger charge is 2.11. The first kappa shape index (κ1) is 28.9. The Morgan fingerprint density at radius 2 is 1.15 bits per heavy atom. The highest BCUT2D eigenvalue weighted by Crippen LogP contribution is 2.23. The number of rotatable bonds is 22. The Kier molecular flexibility index (Phi) is 16.9. The Labute approximate surface area is 213 Å². The van der Waals surface area contributed by atoms with Gasteiger partial charge in [0.2, 0.25) is 5.89 Å². The van der Waals surface area contributed by atoms with E-state index in [1.807, 2.05) is 0 Å². The summed E-state index contributed by atoms with van der Waals surface area (Å²) >= 11 is 1.69. The smallest absolute Gasteiger partial charge is 0.276 e. The van der Waals surface area contributed by atoms with E-state index in [1.165, 1.54) is 116 Å². The first-order chi connectivity index (χ1) is 16.8. The molecule has 0 amide bonds. The lowest BCUT2D eigenvalue weighted by Gasteiger charge is -2.01. The summed E-state index contributed by atoms with van der Waals surface area (Å²) in [6, 6.07) is 4.18. The van der Waals surface area contributed by atoms with Crippen molar-refractivity contribution < 1.29 is 8.98 Å². The lowest BCUT2D eigenvalue weighted by Crippen LogP contribution is -2.32. The molecule has 0 aliphatic rings. The monoisotopic (exact) mass is 488 g/mol. The largest absolute Gasteiger partial charge is 0.411 e. The number of nitrogens with zero attached hydrogens (tertiary/aromatic N) is 3. The number of unbranched alkanes of at least 4 members (excludes halogenated alkanes) is 16. The Morgan fingerprint density at radius 3 is 1.71 bits per heavy atom. The average Bonchev–Trinajstić information content (AvgIpc) is 3.33. The SMILES string of the molecule is CCCCCCCCCCCCSc1nnc(-c2cc[n+](CCCCCCCCCC)cc2)o1. The van der Waals surface area contributed by atoms with Gasteiger partial charge in [0, 0.05) is 24.3 Å². The third kappa shape index (κ3) is 13.5. The van der Waals surface area contributed by atoms with Crippen molar-refractivity contribution in [2.75, 3.05) is 5.75 Å². The van der Waals surface area contributed by atoms with Crippen LogP contribution in [0.4, 0.5) is 0 Å². The van der Waals surface area contributed by atoms with Gasteiger partial charge in [-0.3, -0.25) is 0 Å². The fraction of sp³-hybridized carbons (Fsp3) is 0.759. The van der Waals surface area contributed by atoms with E-state index in [4.69, 9.17) is 4.42 Å². The fourth-order valence-electron chi connectivity index (χ4n) is 4.31. The molecule has 0 aliphatic carbocycles. The molecule has 2 rings (SSSR count). The number of aryl methyl sites for hydroxylation is 1. The summed E-state index contributed by atoms with van der Waals surface area (Å²) in [6.45, 7) is 5.64. The zero-order valence-electron chi connectivity index (χ0n) is 22.1. The van der Waals surface area contributed by atoms with Crippen molar-refractivity contribution in [3.63, 3.8) is 0 Å². The topological polar surface area (TPSA) is 42.8 Å². The summed E-state index contributed by atoms with van der Waals surface area (Å²) in [7, 11) is 0. The van der Waals surface area contributed by atoms with Crippen LogP contribution in [0.5, 0.6) is 0 Å². The van der Waals surface area contributed by atoms with Gasteiger partial charge in [0.05, 0.1) is 5.56 Å². The zero-order chi connectivity index (χ0) is 24.1. The minimum atomic E-state index is 0.629. The lowest BCUT2D eigenvalue weighted by molar-refractivity contribution is -0.697. The van der Waals surface area contributed by atoms with Gasteiger partial charge in [0.15, 0.2) is 12.4 Å². The van der Waals surface area contributed by atoms with Crippen LogP contribution in [0.2, 0.25) is 0 Å². The zero-order valence-corrected chi connectivity index (χ0v) is 22.9. The summed E-state index contributed by atoms with van der Waals surface area (Å²) < 4.78 is 8.15. The van der Waals surface area contributed by atoms with E-state index in [-0.39, 0.29) is 0 Å². The Balaban J connectivity index is 1.53. The summed E-state index contributed by atoms with van der Waals surface area (Å²) in [5.74, 6) is 1.69. The molecule has 0 atom stereocenters. The summed E-state index contributed by atoms with van der Waals surface area (Å²) in [5, 5.41) is 9.19. The molecule has 0 N–H and O–H groups in total. The fourth-order valence-corrected chi connectivity index (χ4v) is 5.07. The van der Waals surface area contributed by atoms with E-state index in [9.17, 15) is 0 Å². The number of pyridine rings is 1. The van der Waals surface area contributed by atoms with E-state index >= 15 is 0 Å². The first-order valence-electron chi connectivity index (χ1n) is 14.3. The maximum atomic E-state index is 5.89. The normalized spacial score (nSPS) is 11.4. The van der Waals surface area contributed by atoms with Crippen molar-refractivity contribution in [3.8, 4) is 11.5 Å². The first-order valence-corrected chi connectivity index (χ1v) is 15.3. The van der Waals surface area contributed by atoms with Crippen LogP contribution in [0.1, 0.15) is 129 Å². The molecule has 0 spiro atoms. The molecule has 0 aromatic carbocycles. The molecule has 4 nitrogen and oxygen atoms in total. The van der Waals surface area contributed by atoms with Crippen LogP contribution in [0.15, 0.2) is 34.2 Å². The molecular weight excluding hydrogens is 438 g/mol. The van der Waals surface area contributed by atoms with Gasteiger partial charge in [-0.1, -0.05) is 122 Å². The molecule has 5 heteroatoms. The molecule has 2 aromatic heterocycles. The molecule has 0 radical (unpaired) electrons. The molecule has 192 valence electrons. The van der Waals surface area contributed by atoms with Gasteiger partial charge in [-0.15, -0.1) is 10.2 Å². The van der Waals surface area contributed by atoms with E-state index in [0.29, 0.717) is 11.1 Å². The predicted molar refractivity (Wildman–Crippen MR) is 145 cm³/mol. The second-order valence-electron chi connectivity index (χ2n) is 9.70. The molecule has 0 saturated heterocycles. The lowest BCUT2D eigenvalue weighted by atomic mass is 10.1. The van der Waals surface area contributed by atoms with Crippen LogP contribution in [0.25, 0.3) is 11.5 Å². The van der Waals surface area contributed by atoms with Gasteiger partial charge >= 0.3 is 0 Å². The minimum absolute atomic E-state index is 0.629. The standard InChI is InChI=1S/C29H50N3OS/c1-3-5-7-9-11-13-14-16-18-20-26-34-29-31-30-28(33-29)27-21-24-32(25-22-27)23-19-17-15-12-10-8-6-4-2/h21-22,24-25H,3-20,23,26H2,1-2H3/q+1. The van der Waals surface area contributed by atoms with Gasteiger partial charge in [0.25, 0.3) is 5.22 Å². The van der Waals surface area contributed by atoms with Crippen LogP contribution in [-0.4, -0.2) is 16.0 Å². The summed E-state index contributed by atoms with van der Waals surface area (Å²) in [4.78, 5) is 0. The highest BCUT2D eigenvalue weighted by atomic mass is 32.2. The van der Waals surface area contributed by atoms with Crippen molar-refractivity contribution in [1.29, 1.82) is 0 Å². The molecule has 2 aromatic rings. The van der Waals surface area contributed by atoms with Crippen LogP contribution in [-0.2, 0) is 6.54 Å². The van der Waals surface area contributed by atoms with Crippen LogP contribution in [0.3, 0.4) is 0 Å². The van der Waals surface area contributed by atoms with Gasteiger partial charge < -0.3 is 4.42 Å². The van der Waals surface area contributed by atoms with E-state index in [2.05, 4.69) is 53.1 Å². The van der Waals surface area contributed by atoms with Crippen molar-refractivity contribution >= 4 is 11.8 Å². The van der Waals surface area contributed by atoms with Crippen molar-refractivity contribution in [2.24, 2.45) is 0 Å². The Morgan fingerprint density at radius 1 is 0.647 bits per heavy atom. The maximum Gasteiger partial charge on any atom is 0.276 e. The van der Waals surface area contributed by atoms with Crippen molar-refractivity contribution in [3.05, 3.63) is 24.5 Å². The highest BCUT2D eigenvalue weighted by molar-refractivity contribution is 7.99. The van der Waals surface area contributed by atoms with Crippen LogP contribution in [0, 0.1) is 0 Å². The molecule has 0 unspecified atom stereocenters. The molecule has 0 fully saturated rings. The predicted octanol–water partition coefficient (Wildman–Crippen LogP) is 9.18. The van der Waals surface area contributed by atoms with Gasteiger partial charge in [-0.25, -0.2) is 4.57 Å². The Bertz CT molecular complexity index is 716. The van der Waals surface area contributed by atoms with Crippen LogP contribution < -0.4 is 4.57 Å². The molecule has 0 aliphatic heterocycles. The Hall–Kier alpha value is -1.36. The minimum Gasteiger partial charge on any atom is -0.411 e. The van der Waals surface area contributed by atoms with Crippen molar-refractivity contribution in [2.45, 2.75) is 141 Å². The number of thioether (sulfide) groups is 1. The molecular formula is C29H50N3OS+. The maximum absolute atomic E-state index is 5.89. The molecule has 0 saturated carbocycles. The number of hydrogen-bond acceptors (Lipinski definition) is 4. The van der Waals surface area contributed by atoms with E-state index in [1.54, 1.807) is 11.8 Å². The average molecular weight is 489 g/mol. The van der Waals surface area contributed by atoms with E-state index in [0.717, 1.165) is 17.9 Å². The number of hydrogen-bond donors (Lipinski definition) is 0. The summed E-state index contributed by atoms with van der Waals surface area (Å²) in [6.07, 6.45) is 28.8. The quantitative estimate of drug-likeness (QED) is 0.0941. The van der Waals surface area contributed by atoms with Crippen molar-refractivity contribution in [1.82, 2.24) is 10.2 Å². The molecule has 2 heterocycles. The molecule has 0 bridgehead atoms. The summed E-state index contributed by atoms with van der Waals surface area (Å²) in [5.41, 5.74) is 1.01. The van der Waals surface area contributed by atoms with Gasteiger partial charge in [0.1, 0.15) is 6.54 Å². The van der Waals surface area contributed by atoms with Gasteiger partial charge in [-0.05, 0) is 12.8 Å². The van der Waals surface area contributed by atoms with Gasteiger partial charge in [-0.2, -0.15) is 0 Å².